The lowest BCUT2D eigenvalue weighted by Gasteiger charge is -2.37. The van der Waals surface area contributed by atoms with Crippen molar-refractivity contribution in [3.05, 3.63) is 100 Å². The van der Waals surface area contributed by atoms with Gasteiger partial charge in [-0.05, 0) is 47.7 Å². The molecule has 0 aromatic heterocycles. The second kappa shape index (κ2) is 9.13. The largest absolute Gasteiger partial charge is 0.378 e. The van der Waals surface area contributed by atoms with Gasteiger partial charge in [0, 0.05) is 30.8 Å². The molecule has 172 valence electrons. The fourth-order valence-electron chi connectivity index (χ4n) is 4.63. The Morgan fingerprint density at radius 2 is 1.91 bits per heavy atom. The number of nitro benzene ring substituents is 1. The smallest absolute Gasteiger partial charge is 0.288 e. The van der Waals surface area contributed by atoms with E-state index in [0.29, 0.717) is 0 Å². The van der Waals surface area contributed by atoms with Crippen LogP contribution in [0.5, 0.6) is 0 Å². The second-order valence-electron chi connectivity index (χ2n) is 8.09. The van der Waals surface area contributed by atoms with Crippen LogP contribution in [0.15, 0.2) is 78.8 Å². The summed E-state index contributed by atoms with van der Waals surface area (Å²) in [6, 6.07) is 9.77. The summed E-state index contributed by atoms with van der Waals surface area (Å²) in [7, 11) is -3.72. The van der Waals surface area contributed by atoms with E-state index in [4.69, 9.17) is 11.6 Å². The normalized spacial score (nSPS) is 21.2. The summed E-state index contributed by atoms with van der Waals surface area (Å²) in [6.45, 7) is 7.68. The van der Waals surface area contributed by atoms with E-state index >= 15 is 0 Å². The van der Waals surface area contributed by atoms with Gasteiger partial charge in [0.05, 0.1) is 15.9 Å². The molecule has 7 nitrogen and oxygen atoms in total. The van der Waals surface area contributed by atoms with Gasteiger partial charge in [-0.15, -0.1) is 13.2 Å². The molecular formula is C24H24ClN3O4S. The van der Waals surface area contributed by atoms with Crippen molar-refractivity contribution >= 4 is 33.0 Å². The Hall–Kier alpha value is -2.94. The predicted molar refractivity (Wildman–Crippen MR) is 130 cm³/mol. The molecule has 0 fully saturated rings. The first-order chi connectivity index (χ1) is 15.8. The maximum absolute atomic E-state index is 13.2. The molecular weight excluding hydrogens is 462 g/mol. The van der Waals surface area contributed by atoms with E-state index < -0.39 is 14.9 Å². The summed E-state index contributed by atoms with van der Waals surface area (Å²) < 4.78 is 27.8. The van der Waals surface area contributed by atoms with E-state index in [1.54, 1.807) is 42.5 Å². The maximum atomic E-state index is 13.2. The van der Waals surface area contributed by atoms with Gasteiger partial charge in [-0.3, -0.25) is 10.1 Å². The molecule has 3 unspecified atom stereocenters. The highest BCUT2D eigenvalue weighted by atomic mass is 35.5. The average Bonchev–Trinajstić information content (AvgIpc) is 3.28. The quantitative estimate of drug-likeness (QED) is 0.305. The maximum Gasteiger partial charge on any atom is 0.288 e. The molecule has 0 amide bonds. The number of anilines is 1. The average molecular weight is 486 g/mol. The fraction of sp³-hybridized carbons (Fsp3) is 0.250. The Balaban J connectivity index is 1.73. The molecule has 2 aromatic rings. The number of sulfonamides is 1. The van der Waals surface area contributed by atoms with Gasteiger partial charge in [-0.2, -0.15) is 4.31 Å². The molecule has 4 rings (SSSR count). The molecule has 0 bridgehead atoms. The van der Waals surface area contributed by atoms with Crippen LogP contribution in [0.25, 0.3) is 0 Å². The zero-order valence-corrected chi connectivity index (χ0v) is 19.4. The van der Waals surface area contributed by atoms with E-state index in [-0.39, 0.29) is 46.6 Å². The highest BCUT2D eigenvalue weighted by Gasteiger charge is 2.39. The van der Waals surface area contributed by atoms with Gasteiger partial charge < -0.3 is 5.32 Å². The van der Waals surface area contributed by atoms with Crippen LogP contribution in [0, 0.1) is 16.0 Å². The van der Waals surface area contributed by atoms with Crippen LogP contribution < -0.4 is 5.32 Å². The third-order valence-corrected chi connectivity index (χ3v) is 8.31. The van der Waals surface area contributed by atoms with Crippen LogP contribution in [0.1, 0.15) is 29.5 Å². The number of benzene rings is 2. The highest BCUT2D eigenvalue weighted by molar-refractivity contribution is 7.89. The first-order valence-corrected chi connectivity index (χ1v) is 12.3. The zero-order valence-electron chi connectivity index (χ0n) is 17.9. The summed E-state index contributed by atoms with van der Waals surface area (Å²) in [6.07, 6.45) is 8.03. The summed E-state index contributed by atoms with van der Waals surface area (Å²) >= 11 is 6.01. The van der Waals surface area contributed by atoms with Gasteiger partial charge >= 0.3 is 0 Å². The van der Waals surface area contributed by atoms with E-state index in [2.05, 4.69) is 30.6 Å². The SMILES string of the molecule is C=CCN(CC=C)S(=O)(=O)c1ccc2c(c1)C1C=CCC1C(c1ccc(Cl)c([N+](=O)[O-])c1)N2. The Morgan fingerprint density at radius 1 is 1.18 bits per heavy atom. The molecule has 0 spiro atoms. The fourth-order valence-corrected chi connectivity index (χ4v) is 6.24. The topological polar surface area (TPSA) is 92.5 Å². The van der Waals surface area contributed by atoms with Crippen molar-refractivity contribution in [3.8, 4) is 0 Å². The molecule has 1 aliphatic heterocycles. The van der Waals surface area contributed by atoms with Crippen molar-refractivity contribution in [2.45, 2.75) is 23.3 Å². The van der Waals surface area contributed by atoms with Crippen LogP contribution in [-0.4, -0.2) is 30.7 Å². The van der Waals surface area contributed by atoms with Gasteiger partial charge in [-0.1, -0.05) is 42.0 Å². The van der Waals surface area contributed by atoms with Crippen molar-refractivity contribution < 1.29 is 13.3 Å². The van der Waals surface area contributed by atoms with Crippen molar-refractivity contribution in [1.82, 2.24) is 4.31 Å². The lowest BCUT2D eigenvalue weighted by atomic mass is 9.77. The minimum absolute atomic E-state index is 0.0107. The number of nitrogens with zero attached hydrogens (tertiary/aromatic N) is 2. The highest BCUT2D eigenvalue weighted by Crippen LogP contribution is 2.50. The van der Waals surface area contributed by atoms with Gasteiger partial charge in [0.25, 0.3) is 5.69 Å². The first-order valence-electron chi connectivity index (χ1n) is 10.5. The number of hydrogen-bond donors (Lipinski definition) is 1. The Labute approximate surface area is 198 Å². The van der Waals surface area contributed by atoms with E-state index in [9.17, 15) is 18.5 Å². The second-order valence-corrected chi connectivity index (χ2v) is 10.4. The molecule has 3 atom stereocenters. The van der Waals surface area contributed by atoms with Crippen LogP contribution >= 0.6 is 11.6 Å². The number of allylic oxidation sites excluding steroid dienone is 2. The van der Waals surface area contributed by atoms with Gasteiger partial charge in [-0.25, -0.2) is 8.42 Å². The van der Waals surface area contributed by atoms with Crippen LogP contribution in [0.3, 0.4) is 0 Å². The molecule has 2 aromatic carbocycles. The van der Waals surface area contributed by atoms with Crippen LogP contribution in [0.4, 0.5) is 11.4 Å². The summed E-state index contributed by atoms with van der Waals surface area (Å²) in [4.78, 5) is 11.1. The zero-order chi connectivity index (χ0) is 23.8. The number of fused-ring (bicyclic) bond motifs is 3. The minimum Gasteiger partial charge on any atom is -0.378 e. The van der Waals surface area contributed by atoms with Crippen molar-refractivity contribution in [2.24, 2.45) is 5.92 Å². The lowest BCUT2D eigenvalue weighted by molar-refractivity contribution is -0.384. The van der Waals surface area contributed by atoms with Crippen molar-refractivity contribution in [1.29, 1.82) is 0 Å². The molecule has 0 saturated heterocycles. The Morgan fingerprint density at radius 3 is 2.58 bits per heavy atom. The first kappa shape index (κ1) is 23.2. The third kappa shape index (κ3) is 4.21. The minimum atomic E-state index is -3.72. The molecule has 1 N–H and O–H groups in total. The van der Waals surface area contributed by atoms with Gasteiger partial charge in [0.2, 0.25) is 10.0 Å². The van der Waals surface area contributed by atoms with E-state index in [1.807, 2.05) is 0 Å². The third-order valence-electron chi connectivity index (χ3n) is 6.16. The molecule has 1 aliphatic carbocycles. The van der Waals surface area contributed by atoms with Gasteiger partial charge in [0.15, 0.2) is 0 Å². The summed E-state index contributed by atoms with van der Waals surface area (Å²) in [5.74, 6) is 0.0806. The summed E-state index contributed by atoms with van der Waals surface area (Å²) in [5.41, 5.74) is 2.35. The predicted octanol–water partition coefficient (Wildman–Crippen LogP) is 5.44. The van der Waals surface area contributed by atoms with Gasteiger partial charge in [0.1, 0.15) is 5.02 Å². The molecule has 1 heterocycles. The van der Waals surface area contributed by atoms with E-state index in [1.165, 1.54) is 10.4 Å². The van der Waals surface area contributed by atoms with Crippen molar-refractivity contribution in [3.63, 3.8) is 0 Å². The number of nitro groups is 1. The number of hydrogen-bond acceptors (Lipinski definition) is 5. The summed E-state index contributed by atoms with van der Waals surface area (Å²) in [5, 5.41) is 15.0. The number of nitrogens with one attached hydrogen (secondary N) is 1. The number of halogens is 1. The van der Waals surface area contributed by atoms with Crippen LogP contribution in [0.2, 0.25) is 5.02 Å². The molecule has 33 heavy (non-hydrogen) atoms. The Kier molecular flexibility index (Phi) is 6.43. The van der Waals surface area contributed by atoms with Crippen LogP contribution in [-0.2, 0) is 10.0 Å². The number of rotatable bonds is 8. The standard InChI is InChI=1S/C24H24ClN3O4S/c1-3-12-27(13-4-2)33(31,32)17-9-11-22-20(15-17)18-6-5-7-19(18)24(26-22)16-8-10-21(25)23(14-16)28(29)30/h3-6,8-11,14-15,18-19,24,26H,1-2,7,12-13H2. The molecule has 9 heteroatoms. The molecule has 2 aliphatic rings. The lowest BCUT2D eigenvalue weighted by Crippen LogP contribution is -2.32. The molecule has 0 saturated carbocycles. The monoisotopic (exact) mass is 485 g/mol. The van der Waals surface area contributed by atoms with Crippen molar-refractivity contribution in [2.75, 3.05) is 18.4 Å². The Bertz CT molecular complexity index is 1250. The molecule has 0 radical (unpaired) electrons. The van der Waals surface area contributed by atoms with E-state index in [0.717, 1.165) is 23.2 Å².